The number of benzene rings is 1. The van der Waals surface area contributed by atoms with Crippen LogP contribution in [0.1, 0.15) is 15.9 Å². The van der Waals surface area contributed by atoms with E-state index in [1.54, 1.807) is 14.0 Å². The summed E-state index contributed by atoms with van der Waals surface area (Å²) in [6, 6.07) is 5.40. The first-order valence-corrected chi connectivity index (χ1v) is 6.24. The van der Waals surface area contributed by atoms with E-state index in [4.69, 9.17) is 4.74 Å². The third-order valence-corrected chi connectivity index (χ3v) is 3.10. The largest absolute Gasteiger partial charge is 0.497 e. The maximum atomic E-state index is 13.8. The second-order valence-electron chi connectivity index (χ2n) is 4.62. The molecule has 1 heterocycles. The Labute approximate surface area is 121 Å². The van der Waals surface area contributed by atoms with E-state index in [9.17, 15) is 14.0 Å². The van der Waals surface area contributed by atoms with Crippen LogP contribution in [0.25, 0.3) is 0 Å². The molecule has 0 aliphatic carbocycles. The summed E-state index contributed by atoms with van der Waals surface area (Å²) in [5.74, 6) is -0.923. The lowest BCUT2D eigenvalue weighted by Crippen LogP contribution is -2.20. The van der Waals surface area contributed by atoms with E-state index in [0.29, 0.717) is 17.0 Å². The van der Waals surface area contributed by atoms with Gasteiger partial charge in [0, 0.05) is 25.4 Å². The lowest BCUT2D eigenvalue weighted by Gasteiger charge is -2.10. The highest BCUT2D eigenvalue weighted by Crippen LogP contribution is 2.18. The second-order valence-corrected chi connectivity index (χ2v) is 4.62. The molecule has 1 aromatic carbocycles. The van der Waals surface area contributed by atoms with E-state index in [0.717, 1.165) is 6.07 Å². The highest BCUT2D eigenvalue weighted by molar-refractivity contribution is 6.04. The minimum Gasteiger partial charge on any atom is -0.497 e. The normalized spacial score (nSPS) is 10.3. The third-order valence-electron chi connectivity index (χ3n) is 3.10. The maximum Gasteiger partial charge on any atom is 0.258 e. The molecule has 5 nitrogen and oxygen atoms in total. The molecule has 0 atom stereocenters. The monoisotopic (exact) mass is 290 g/mol. The minimum atomic E-state index is -0.672. The van der Waals surface area contributed by atoms with Crippen LogP contribution in [-0.4, -0.2) is 17.6 Å². The fourth-order valence-electron chi connectivity index (χ4n) is 1.85. The smallest absolute Gasteiger partial charge is 0.258 e. The van der Waals surface area contributed by atoms with Gasteiger partial charge in [-0.3, -0.25) is 9.59 Å². The van der Waals surface area contributed by atoms with E-state index in [1.807, 2.05) is 0 Å². The summed E-state index contributed by atoms with van der Waals surface area (Å²) in [5.41, 5.74) is 0.794. The average molecular weight is 290 g/mol. The molecule has 1 amide bonds. The number of anilines is 1. The number of methoxy groups -OCH3 is 1. The molecule has 1 aromatic heterocycles. The van der Waals surface area contributed by atoms with Crippen LogP contribution < -0.4 is 15.6 Å². The molecule has 1 N–H and O–H groups in total. The number of carbonyl (C=O) groups excluding carboxylic acids is 1. The Balaban J connectivity index is 2.30. The molecule has 0 fully saturated rings. The van der Waals surface area contributed by atoms with Crippen LogP contribution in [-0.2, 0) is 7.05 Å². The van der Waals surface area contributed by atoms with Crippen molar-refractivity contribution in [3.8, 4) is 5.75 Å². The van der Waals surface area contributed by atoms with Gasteiger partial charge in [0.2, 0.25) is 0 Å². The van der Waals surface area contributed by atoms with Gasteiger partial charge >= 0.3 is 0 Å². The van der Waals surface area contributed by atoms with Gasteiger partial charge < -0.3 is 14.6 Å². The SMILES string of the molecule is COc1ccc(C(=O)Nc2cn(C)c(=O)cc2C)c(F)c1. The maximum absolute atomic E-state index is 13.8. The number of aryl methyl sites for hydroxylation is 2. The molecule has 0 spiro atoms. The van der Waals surface area contributed by atoms with Crippen molar-refractivity contribution in [3.05, 3.63) is 57.8 Å². The van der Waals surface area contributed by atoms with Gasteiger partial charge in [0.15, 0.2) is 0 Å². The predicted molar refractivity (Wildman–Crippen MR) is 77.3 cm³/mol. The number of nitrogens with one attached hydrogen (secondary N) is 1. The van der Waals surface area contributed by atoms with Crippen molar-refractivity contribution in [2.24, 2.45) is 7.05 Å². The lowest BCUT2D eigenvalue weighted by molar-refractivity contribution is 0.102. The predicted octanol–water partition coefficient (Wildman–Crippen LogP) is 2.09. The van der Waals surface area contributed by atoms with E-state index < -0.39 is 11.7 Å². The van der Waals surface area contributed by atoms with Crippen molar-refractivity contribution in [1.29, 1.82) is 0 Å². The first kappa shape index (κ1) is 14.8. The molecule has 0 bridgehead atoms. The van der Waals surface area contributed by atoms with Crippen molar-refractivity contribution >= 4 is 11.6 Å². The van der Waals surface area contributed by atoms with E-state index in [-0.39, 0.29) is 11.1 Å². The molecule has 0 unspecified atom stereocenters. The van der Waals surface area contributed by atoms with E-state index in [1.165, 1.54) is 36.1 Å². The fourth-order valence-corrected chi connectivity index (χ4v) is 1.85. The zero-order chi connectivity index (χ0) is 15.6. The molecule has 0 aliphatic heterocycles. The number of pyridine rings is 1. The van der Waals surface area contributed by atoms with Crippen LogP contribution >= 0.6 is 0 Å². The highest BCUT2D eigenvalue weighted by atomic mass is 19.1. The Morgan fingerprint density at radius 3 is 2.67 bits per heavy atom. The average Bonchev–Trinajstić information content (AvgIpc) is 2.44. The van der Waals surface area contributed by atoms with Crippen LogP contribution in [0.5, 0.6) is 5.75 Å². The first-order chi connectivity index (χ1) is 9.92. The van der Waals surface area contributed by atoms with Gasteiger partial charge in [-0.1, -0.05) is 0 Å². The molecule has 6 heteroatoms. The van der Waals surface area contributed by atoms with Crippen molar-refractivity contribution in [2.45, 2.75) is 6.92 Å². The summed E-state index contributed by atoms with van der Waals surface area (Å²) in [6.45, 7) is 1.70. The van der Waals surface area contributed by atoms with Crippen LogP contribution in [0, 0.1) is 12.7 Å². The first-order valence-electron chi connectivity index (χ1n) is 6.24. The minimum absolute atomic E-state index is 0.0935. The topological polar surface area (TPSA) is 60.3 Å². The third kappa shape index (κ3) is 3.10. The van der Waals surface area contributed by atoms with Crippen LogP contribution in [0.3, 0.4) is 0 Å². The summed E-state index contributed by atoms with van der Waals surface area (Å²) >= 11 is 0. The number of halogens is 1. The Morgan fingerprint density at radius 2 is 2.05 bits per heavy atom. The molecular weight excluding hydrogens is 275 g/mol. The molecule has 110 valence electrons. The van der Waals surface area contributed by atoms with Gasteiger partial charge in [0.1, 0.15) is 11.6 Å². The summed E-state index contributed by atoms with van der Waals surface area (Å²) in [6.07, 6.45) is 1.50. The summed E-state index contributed by atoms with van der Waals surface area (Å²) in [5, 5.41) is 2.59. The fraction of sp³-hybridized carbons (Fsp3) is 0.200. The van der Waals surface area contributed by atoms with Crippen molar-refractivity contribution in [2.75, 3.05) is 12.4 Å². The van der Waals surface area contributed by atoms with E-state index in [2.05, 4.69) is 5.32 Å². The number of carbonyl (C=O) groups is 1. The van der Waals surface area contributed by atoms with Crippen molar-refractivity contribution in [3.63, 3.8) is 0 Å². The molecule has 0 saturated heterocycles. The van der Waals surface area contributed by atoms with Crippen LogP contribution in [0.15, 0.2) is 35.3 Å². The highest BCUT2D eigenvalue weighted by Gasteiger charge is 2.14. The Bertz CT molecular complexity index is 753. The number of nitrogens with zero attached hydrogens (tertiary/aromatic N) is 1. The van der Waals surface area contributed by atoms with Gasteiger partial charge in [-0.05, 0) is 24.6 Å². The zero-order valence-corrected chi connectivity index (χ0v) is 11.9. The molecule has 2 aromatic rings. The number of hydrogen-bond acceptors (Lipinski definition) is 3. The van der Waals surface area contributed by atoms with Gasteiger partial charge in [-0.25, -0.2) is 4.39 Å². The molecule has 0 radical (unpaired) electrons. The van der Waals surface area contributed by atoms with E-state index >= 15 is 0 Å². The molecular formula is C15H15FN2O3. The van der Waals surface area contributed by atoms with Gasteiger partial charge in [0.05, 0.1) is 18.4 Å². The lowest BCUT2D eigenvalue weighted by atomic mass is 10.1. The summed E-state index contributed by atoms with van der Waals surface area (Å²) < 4.78 is 20.1. The number of aromatic nitrogens is 1. The molecule has 21 heavy (non-hydrogen) atoms. The number of amides is 1. The zero-order valence-electron chi connectivity index (χ0n) is 11.9. The quantitative estimate of drug-likeness (QED) is 0.941. The van der Waals surface area contributed by atoms with Crippen molar-refractivity contribution in [1.82, 2.24) is 4.57 Å². The number of rotatable bonds is 3. The Hall–Kier alpha value is -2.63. The summed E-state index contributed by atoms with van der Waals surface area (Å²) in [4.78, 5) is 23.6. The second kappa shape index (κ2) is 5.78. The number of hydrogen-bond donors (Lipinski definition) is 1. The van der Waals surface area contributed by atoms with Gasteiger partial charge in [-0.2, -0.15) is 0 Å². The van der Waals surface area contributed by atoms with Gasteiger partial charge in [0.25, 0.3) is 11.5 Å². The molecule has 0 saturated carbocycles. The number of ether oxygens (including phenoxy) is 1. The van der Waals surface area contributed by atoms with Gasteiger partial charge in [-0.15, -0.1) is 0 Å². The van der Waals surface area contributed by atoms with Crippen LogP contribution in [0.2, 0.25) is 0 Å². The Kier molecular flexibility index (Phi) is 4.07. The van der Waals surface area contributed by atoms with Crippen LogP contribution in [0.4, 0.5) is 10.1 Å². The Morgan fingerprint density at radius 1 is 1.33 bits per heavy atom. The molecule has 0 aliphatic rings. The van der Waals surface area contributed by atoms with Crippen molar-refractivity contribution < 1.29 is 13.9 Å². The standard InChI is InChI=1S/C15H15FN2O3/c1-9-6-14(19)18(2)8-13(9)17-15(20)11-5-4-10(21-3)7-12(11)16/h4-8H,1-3H3,(H,17,20). The summed E-state index contributed by atoms with van der Waals surface area (Å²) in [7, 11) is 2.99. The molecule has 2 rings (SSSR count).